The SMILES string of the molecule is C#Cc1cccc(NC(=O)c2cc(C)ccc2F)c1. The molecule has 0 atom stereocenters. The molecule has 0 aliphatic heterocycles. The van der Waals surface area contributed by atoms with Crippen LogP contribution in [0.25, 0.3) is 0 Å². The number of terminal acetylenes is 1. The molecular formula is C16H12FNO. The lowest BCUT2D eigenvalue weighted by atomic mass is 10.1. The summed E-state index contributed by atoms with van der Waals surface area (Å²) in [6.07, 6.45) is 5.28. The van der Waals surface area contributed by atoms with Crippen LogP contribution in [0.15, 0.2) is 42.5 Å². The van der Waals surface area contributed by atoms with E-state index >= 15 is 0 Å². The summed E-state index contributed by atoms with van der Waals surface area (Å²) >= 11 is 0. The molecule has 0 saturated heterocycles. The fraction of sp³-hybridized carbons (Fsp3) is 0.0625. The fourth-order valence-corrected chi connectivity index (χ4v) is 1.70. The maximum absolute atomic E-state index is 13.6. The summed E-state index contributed by atoms with van der Waals surface area (Å²) in [4.78, 5) is 12.0. The number of carbonyl (C=O) groups excluding carboxylic acids is 1. The average molecular weight is 253 g/mol. The first kappa shape index (κ1) is 12.8. The summed E-state index contributed by atoms with van der Waals surface area (Å²) in [6, 6.07) is 11.3. The number of rotatable bonds is 2. The summed E-state index contributed by atoms with van der Waals surface area (Å²) in [7, 11) is 0. The lowest BCUT2D eigenvalue weighted by Crippen LogP contribution is -2.14. The van der Waals surface area contributed by atoms with Gasteiger partial charge < -0.3 is 5.32 Å². The molecule has 19 heavy (non-hydrogen) atoms. The summed E-state index contributed by atoms with van der Waals surface area (Å²) in [5.41, 5.74) is 2.04. The van der Waals surface area contributed by atoms with Gasteiger partial charge in [-0.15, -0.1) is 6.42 Å². The third-order valence-corrected chi connectivity index (χ3v) is 2.65. The van der Waals surface area contributed by atoms with Crippen molar-refractivity contribution in [3.05, 3.63) is 65.0 Å². The van der Waals surface area contributed by atoms with E-state index in [-0.39, 0.29) is 5.56 Å². The van der Waals surface area contributed by atoms with Gasteiger partial charge in [-0.3, -0.25) is 4.79 Å². The second-order valence-electron chi connectivity index (χ2n) is 4.16. The van der Waals surface area contributed by atoms with E-state index in [4.69, 9.17) is 6.42 Å². The van der Waals surface area contributed by atoms with Crippen LogP contribution >= 0.6 is 0 Å². The molecule has 2 nitrogen and oxygen atoms in total. The third-order valence-electron chi connectivity index (χ3n) is 2.65. The number of anilines is 1. The van der Waals surface area contributed by atoms with Crippen molar-refractivity contribution in [2.45, 2.75) is 6.92 Å². The predicted octanol–water partition coefficient (Wildman–Crippen LogP) is 3.37. The van der Waals surface area contributed by atoms with Gasteiger partial charge in [-0.05, 0) is 37.3 Å². The molecule has 0 aromatic heterocycles. The summed E-state index contributed by atoms with van der Waals surface area (Å²) < 4.78 is 13.6. The summed E-state index contributed by atoms with van der Waals surface area (Å²) in [5, 5.41) is 2.63. The van der Waals surface area contributed by atoms with Gasteiger partial charge in [-0.2, -0.15) is 0 Å². The molecule has 0 spiro atoms. The van der Waals surface area contributed by atoms with Crippen LogP contribution in [-0.2, 0) is 0 Å². The van der Waals surface area contributed by atoms with Crippen LogP contribution in [0.5, 0.6) is 0 Å². The van der Waals surface area contributed by atoms with Crippen LogP contribution in [0.1, 0.15) is 21.5 Å². The van der Waals surface area contributed by atoms with Crippen LogP contribution in [0.2, 0.25) is 0 Å². The molecule has 1 amide bonds. The second kappa shape index (κ2) is 5.36. The lowest BCUT2D eigenvalue weighted by Gasteiger charge is -2.07. The number of benzene rings is 2. The van der Waals surface area contributed by atoms with Gasteiger partial charge in [-0.25, -0.2) is 4.39 Å². The molecule has 0 fully saturated rings. The minimum atomic E-state index is -0.545. The van der Waals surface area contributed by atoms with E-state index in [1.165, 1.54) is 12.1 Å². The Hall–Kier alpha value is -2.60. The Morgan fingerprint density at radius 2 is 2.05 bits per heavy atom. The van der Waals surface area contributed by atoms with E-state index in [9.17, 15) is 9.18 Å². The molecule has 0 heterocycles. The molecule has 1 N–H and O–H groups in total. The van der Waals surface area contributed by atoms with Crippen LogP contribution < -0.4 is 5.32 Å². The molecule has 0 aliphatic rings. The number of hydrogen-bond acceptors (Lipinski definition) is 1. The van der Waals surface area contributed by atoms with Crippen molar-refractivity contribution in [2.75, 3.05) is 5.32 Å². The van der Waals surface area contributed by atoms with E-state index in [1.807, 2.05) is 0 Å². The second-order valence-corrected chi connectivity index (χ2v) is 4.16. The van der Waals surface area contributed by atoms with E-state index in [0.717, 1.165) is 5.56 Å². The number of aryl methyl sites for hydroxylation is 1. The van der Waals surface area contributed by atoms with Crippen LogP contribution in [-0.4, -0.2) is 5.91 Å². The number of amides is 1. The molecule has 0 radical (unpaired) electrons. The highest BCUT2D eigenvalue weighted by Crippen LogP contribution is 2.14. The molecule has 94 valence electrons. The molecule has 0 saturated carbocycles. The van der Waals surface area contributed by atoms with Crippen molar-refractivity contribution in [3.8, 4) is 12.3 Å². The highest BCUT2D eigenvalue weighted by Gasteiger charge is 2.12. The monoisotopic (exact) mass is 253 g/mol. The van der Waals surface area contributed by atoms with Crippen LogP contribution in [0, 0.1) is 25.1 Å². The first-order valence-corrected chi connectivity index (χ1v) is 5.74. The van der Waals surface area contributed by atoms with Crippen molar-refractivity contribution in [2.24, 2.45) is 0 Å². The third kappa shape index (κ3) is 2.99. The summed E-state index contributed by atoms with van der Waals surface area (Å²) in [6.45, 7) is 1.80. The predicted molar refractivity (Wildman–Crippen MR) is 73.5 cm³/mol. The Balaban J connectivity index is 2.26. The van der Waals surface area contributed by atoms with Crippen molar-refractivity contribution in [3.63, 3.8) is 0 Å². The Labute approximate surface area is 111 Å². The highest BCUT2D eigenvalue weighted by atomic mass is 19.1. The largest absolute Gasteiger partial charge is 0.322 e. The number of halogens is 1. The fourth-order valence-electron chi connectivity index (χ4n) is 1.70. The van der Waals surface area contributed by atoms with Gasteiger partial charge in [-0.1, -0.05) is 23.6 Å². The number of hydrogen-bond donors (Lipinski definition) is 1. The van der Waals surface area contributed by atoms with Crippen LogP contribution in [0.4, 0.5) is 10.1 Å². The molecule has 2 aromatic carbocycles. The molecule has 2 rings (SSSR count). The standard InChI is InChI=1S/C16H12FNO/c1-3-12-5-4-6-13(10-12)18-16(19)14-9-11(2)7-8-15(14)17/h1,4-10H,2H3,(H,18,19). The molecule has 0 unspecified atom stereocenters. The number of nitrogens with one attached hydrogen (secondary N) is 1. The van der Waals surface area contributed by atoms with Gasteiger partial charge in [0.05, 0.1) is 5.56 Å². The first-order valence-electron chi connectivity index (χ1n) is 5.74. The van der Waals surface area contributed by atoms with Crippen molar-refractivity contribution in [1.82, 2.24) is 0 Å². The zero-order valence-electron chi connectivity index (χ0n) is 10.4. The van der Waals surface area contributed by atoms with E-state index < -0.39 is 11.7 Å². The highest BCUT2D eigenvalue weighted by molar-refractivity contribution is 6.04. The Kier molecular flexibility index (Phi) is 3.63. The van der Waals surface area contributed by atoms with Gasteiger partial charge in [0.15, 0.2) is 0 Å². The van der Waals surface area contributed by atoms with Gasteiger partial charge in [0.25, 0.3) is 5.91 Å². The van der Waals surface area contributed by atoms with E-state index in [0.29, 0.717) is 11.3 Å². The maximum atomic E-state index is 13.6. The smallest absolute Gasteiger partial charge is 0.258 e. The Bertz CT molecular complexity index is 671. The van der Waals surface area contributed by atoms with Gasteiger partial charge in [0.2, 0.25) is 0 Å². The molecule has 0 bridgehead atoms. The van der Waals surface area contributed by atoms with E-state index in [2.05, 4.69) is 11.2 Å². The Morgan fingerprint density at radius 3 is 2.79 bits per heavy atom. The minimum Gasteiger partial charge on any atom is -0.322 e. The zero-order valence-corrected chi connectivity index (χ0v) is 10.4. The van der Waals surface area contributed by atoms with Gasteiger partial charge in [0.1, 0.15) is 5.82 Å². The minimum absolute atomic E-state index is 0.0195. The van der Waals surface area contributed by atoms with Gasteiger partial charge >= 0.3 is 0 Å². The molecule has 3 heteroatoms. The normalized spacial score (nSPS) is 9.74. The average Bonchev–Trinajstić information content (AvgIpc) is 2.41. The van der Waals surface area contributed by atoms with Crippen molar-refractivity contribution < 1.29 is 9.18 Å². The Morgan fingerprint density at radius 1 is 1.26 bits per heavy atom. The molecule has 2 aromatic rings. The van der Waals surface area contributed by atoms with Crippen molar-refractivity contribution >= 4 is 11.6 Å². The summed E-state index contributed by atoms with van der Waals surface area (Å²) in [5.74, 6) is 1.44. The maximum Gasteiger partial charge on any atom is 0.258 e. The van der Waals surface area contributed by atoms with E-state index in [1.54, 1.807) is 37.3 Å². The zero-order chi connectivity index (χ0) is 13.8. The molecule has 0 aliphatic carbocycles. The van der Waals surface area contributed by atoms with Gasteiger partial charge in [0, 0.05) is 11.3 Å². The lowest BCUT2D eigenvalue weighted by molar-refractivity contribution is 0.102. The van der Waals surface area contributed by atoms with Crippen molar-refractivity contribution in [1.29, 1.82) is 0 Å². The molecular weight excluding hydrogens is 241 g/mol. The number of carbonyl (C=O) groups is 1. The quantitative estimate of drug-likeness (QED) is 0.817. The van der Waals surface area contributed by atoms with Crippen LogP contribution in [0.3, 0.4) is 0 Å². The topological polar surface area (TPSA) is 29.1 Å². The first-order chi connectivity index (χ1) is 9.10.